The third-order valence-corrected chi connectivity index (χ3v) is 8.15. The summed E-state index contributed by atoms with van der Waals surface area (Å²) in [5.74, 6) is -2.41. The minimum absolute atomic E-state index is 0.144. The zero-order chi connectivity index (χ0) is 25.9. The van der Waals surface area contributed by atoms with Gasteiger partial charge in [0, 0.05) is 28.9 Å². The number of rotatable bonds is 5. The Balaban J connectivity index is 1.42. The van der Waals surface area contributed by atoms with Crippen LogP contribution in [-0.4, -0.2) is 40.3 Å². The van der Waals surface area contributed by atoms with E-state index in [1.54, 1.807) is 36.4 Å². The average Bonchev–Trinajstić information content (AvgIpc) is 3.45. The Morgan fingerprint density at radius 1 is 0.973 bits per heavy atom. The number of nitrogens with one attached hydrogen (secondary N) is 2. The van der Waals surface area contributed by atoms with Gasteiger partial charge < -0.3 is 10.4 Å². The van der Waals surface area contributed by atoms with Crippen molar-refractivity contribution in [2.24, 2.45) is 11.8 Å². The number of phenolic OH excluding ortho intramolecular Hbond substituents is 1. The van der Waals surface area contributed by atoms with Crippen LogP contribution in [0.15, 0.2) is 66.7 Å². The molecule has 2 fully saturated rings. The molecule has 2 unspecified atom stereocenters. The van der Waals surface area contributed by atoms with Gasteiger partial charge in [-0.1, -0.05) is 54.1 Å². The van der Waals surface area contributed by atoms with E-state index in [2.05, 4.69) is 10.6 Å². The highest BCUT2D eigenvalue weighted by atomic mass is 35.5. The van der Waals surface area contributed by atoms with E-state index >= 15 is 0 Å². The lowest BCUT2D eigenvalue weighted by Crippen LogP contribution is -2.53. The van der Waals surface area contributed by atoms with Crippen LogP contribution in [0, 0.1) is 18.8 Å². The van der Waals surface area contributed by atoms with E-state index in [0.717, 1.165) is 16.7 Å². The fraction of sp³-hybridized carbons (Fsp3) is 0.276. The Kier molecular flexibility index (Phi) is 5.58. The molecule has 0 bridgehead atoms. The van der Waals surface area contributed by atoms with Crippen LogP contribution in [0.1, 0.15) is 22.3 Å². The quantitative estimate of drug-likeness (QED) is 0.451. The van der Waals surface area contributed by atoms with E-state index in [1.807, 2.05) is 37.3 Å². The molecule has 0 aliphatic carbocycles. The SMILES string of the molecule is Cc1cc(Cl)cc2c1NC(=O)C21NC(Cc2ccc(O)cc2)[C@H]2C(=O)N(CCc3ccccc3)C(=O)[C@H]21. The van der Waals surface area contributed by atoms with E-state index in [1.165, 1.54) is 4.90 Å². The molecule has 3 aromatic rings. The number of halogens is 1. The molecule has 1 spiro atoms. The number of amides is 3. The van der Waals surface area contributed by atoms with Gasteiger partial charge in [-0.3, -0.25) is 24.6 Å². The van der Waals surface area contributed by atoms with Crippen molar-refractivity contribution in [2.45, 2.75) is 31.3 Å². The molecule has 0 aromatic heterocycles. The number of hydrogen-bond acceptors (Lipinski definition) is 5. The lowest BCUT2D eigenvalue weighted by atomic mass is 9.76. The first-order chi connectivity index (χ1) is 17.8. The van der Waals surface area contributed by atoms with Crippen molar-refractivity contribution < 1.29 is 19.5 Å². The number of aryl methyl sites for hydroxylation is 1. The summed E-state index contributed by atoms with van der Waals surface area (Å²) in [4.78, 5) is 42.8. The van der Waals surface area contributed by atoms with Crippen molar-refractivity contribution in [3.63, 3.8) is 0 Å². The first-order valence-corrected chi connectivity index (χ1v) is 12.7. The van der Waals surface area contributed by atoms with Crippen LogP contribution in [0.4, 0.5) is 5.69 Å². The molecule has 7 nitrogen and oxygen atoms in total. The van der Waals surface area contributed by atoms with Crippen LogP contribution in [-0.2, 0) is 32.8 Å². The van der Waals surface area contributed by atoms with Gasteiger partial charge in [0.1, 0.15) is 11.3 Å². The number of nitrogens with zero attached hydrogens (tertiary/aromatic N) is 1. The number of carbonyl (C=O) groups is 3. The van der Waals surface area contributed by atoms with Gasteiger partial charge in [-0.05, 0) is 60.7 Å². The molecule has 3 amide bonds. The van der Waals surface area contributed by atoms with Crippen molar-refractivity contribution in [3.8, 4) is 5.75 Å². The highest BCUT2D eigenvalue weighted by Gasteiger charge is 2.70. The smallest absolute Gasteiger partial charge is 0.250 e. The van der Waals surface area contributed by atoms with Crippen LogP contribution >= 0.6 is 11.6 Å². The summed E-state index contributed by atoms with van der Waals surface area (Å²) in [6.07, 6.45) is 0.950. The predicted octanol–water partition coefficient (Wildman–Crippen LogP) is 3.56. The predicted molar refractivity (Wildman–Crippen MR) is 139 cm³/mol. The zero-order valence-corrected chi connectivity index (χ0v) is 21.0. The standard InChI is InChI=1S/C29H26ClN3O4/c1-16-13-19(30)15-21-25(16)31-28(37)29(21)24-23(22(32-29)14-18-7-9-20(34)10-8-18)26(35)33(27(24)36)12-11-17-5-3-2-4-6-17/h2-10,13,15,22-24,32,34H,11-12,14H2,1H3,(H,31,37)/t22?,23-,24+,29?/m1/s1. The fourth-order valence-electron chi connectivity index (χ4n) is 6.26. The van der Waals surface area contributed by atoms with Gasteiger partial charge >= 0.3 is 0 Å². The van der Waals surface area contributed by atoms with Gasteiger partial charge in [0.25, 0.3) is 0 Å². The molecule has 8 heteroatoms. The lowest BCUT2D eigenvalue weighted by Gasteiger charge is -2.30. The number of likely N-dealkylation sites (tertiary alicyclic amines) is 1. The summed E-state index contributed by atoms with van der Waals surface area (Å²) in [6.45, 7) is 2.11. The van der Waals surface area contributed by atoms with Crippen molar-refractivity contribution in [1.82, 2.24) is 10.2 Å². The molecule has 3 aliphatic heterocycles. The number of benzene rings is 3. The van der Waals surface area contributed by atoms with Gasteiger partial charge in [0.15, 0.2) is 0 Å². The van der Waals surface area contributed by atoms with Gasteiger partial charge in [0.05, 0.1) is 11.8 Å². The van der Waals surface area contributed by atoms with E-state index < -0.39 is 23.4 Å². The summed E-state index contributed by atoms with van der Waals surface area (Å²) >= 11 is 6.42. The fourth-order valence-corrected chi connectivity index (χ4v) is 6.53. The summed E-state index contributed by atoms with van der Waals surface area (Å²) in [5.41, 5.74) is 2.55. The van der Waals surface area contributed by atoms with Gasteiger partial charge in [-0.2, -0.15) is 0 Å². The molecule has 188 valence electrons. The molecule has 6 rings (SSSR count). The second-order valence-corrected chi connectivity index (χ2v) is 10.5. The Morgan fingerprint density at radius 3 is 2.43 bits per heavy atom. The summed E-state index contributed by atoms with van der Waals surface area (Å²) < 4.78 is 0. The molecule has 4 atom stereocenters. The van der Waals surface area contributed by atoms with E-state index in [-0.39, 0.29) is 30.0 Å². The van der Waals surface area contributed by atoms with Crippen molar-refractivity contribution in [1.29, 1.82) is 0 Å². The molecule has 3 aliphatic rings. The van der Waals surface area contributed by atoms with Crippen LogP contribution < -0.4 is 10.6 Å². The molecule has 3 N–H and O–H groups in total. The maximum atomic E-state index is 14.0. The van der Waals surface area contributed by atoms with E-state index in [4.69, 9.17) is 11.6 Å². The number of imide groups is 1. The van der Waals surface area contributed by atoms with Gasteiger partial charge in [-0.25, -0.2) is 0 Å². The molecule has 3 heterocycles. The minimum Gasteiger partial charge on any atom is -0.508 e. The average molecular weight is 516 g/mol. The minimum atomic E-state index is -1.40. The second kappa shape index (κ2) is 8.71. The second-order valence-electron chi connectivity index (χ2n) is 10.1. The monoisotopic (exact) mass is 515 g/mol. The number of hydrogen-bond donors (Lipinski definition) is 3. The van der Waals surface area contributed by atoms with Crippen LogP contribution in [0.2, 0.25) is 5.02 Å². The molecule has 0 radical (unpaired) electrons. The van der Waals surface area contributed by atoms with Crippen molar-refractivity contribution in [2.75, 3.05) is 11.9 Å². The topological polar surface area (TPSA) is 98.7 Å². The van der Waals surface area contributed by atoms with Gasteiger partial charge in [0.2, 0.25) is 17.7 Å². The number of phenols is 1. The lowest BCUT2D eigenvalue weighted by molar-refractivity contribution is -0.142. The molecule has 3 aromatic carbocycles. The summed E-state index contributed by atoms with van der Waals surface area (Å²) in [6, 6.07) is 19.5. The maximum absolute atomic E-state index is 14.0. The largest absolute Gasteiger partial charge is 0.508 e. The van der Waals surface area contributed by atoms with Gasteiger partial charge in [-0.15, -0.1) is 0 Å². The molecule has 2 saturated heterocycles. The molecular formula is C29H26ClN3O4. The molecule has 0 saturated carbocycles. The van der Waals surface area contributed by atoms with E-state index in [0.29, 0.717) is 29.1 Å². The first-order valence-electron chi connectivity index (χ1n) is 12.4. The first kappa shape index (κ1) is 23.7. The molecular weight excluding hydrogens is 490 g/mol. The Bertz CT molecular complexity index is 1430. The number of carbonyl (C=O) groups excluding carboxylic acids is 3. The summed E-state index contributed by atoms with van der Waals surface area (Å²) in [5, 5.41) is 16.6. The van der Waals surface area contributed by atoms with E-state index in [9.17, 15) is 19.5 Å². The number of anilines is 1. The Morgan fingerprint density at radius 2 is 1.70 bits per heavy atom. The van der Waals surface area contributed by atoms with Crippen molar-refractivity contribution in [3.05, 3.63) is 94.0 Å². The van der Waals surface area contributed by atoms with Crippen LogP contribution in [0.5, 0.6) is 5.75 Å². The van der Waals surface area contributed by atoms with Crippen LogP contribution in [0.25, 0.3) is 0 Å². The summed E-state index contributed by atoms with van der Waals surface area (Å²) in [7, 11) is 0. The number of fused-ring (bicyclic) bond motifs is 4. The Labute approximate surface area is 219 Å². The third-order valence-electron chi connectivity index (χ3n) is 7.94. The molecule has 37 heavy (non-hydrogen) atoms. The highest BCUT2D eigenvalue weighted by molar-refractivity contribution is 6.31. The normalized spacial score (nSPS) is 26.1. The maximum Gasteiger partial charge on any atom is 0.250 e. The zero-order valence-electron chi connectivity index (χ0n) is 20.2. The number of aromatic hydroxyl groups is 1. The third kappa shape index (κ3) is 3.64. The Hall–Kier alpha value is -3.68. The van der Waals surface area contributed by atoms with Crippen molar-refractivity contribution >= 4 is 35.0 Å². The highest BCUT2D eigenvalue weighted by Crippen LogP contribution is 2.54. The van der Waals surface area contributed by atoms with Crippen LogP contribution in [0.3, 0.4) is 0 Å².